The van der Waals surface area contributed by atoms with E-state index >= 15 is 0 Å². The molecule has 0 saturated heterocycles. The molecule has 2 unspecified atom stereocenters. The highest BCUT2D eigenvalue weighted by molar-refractivity contribution is 6.69. The Morgan fingerprint density at radius 1 is 0.967 bits per heavy atom. The zero-order chi connectivity index (χ0) is 20.3. The summed E-state index contributed by atoms with van der Waals surface area (Å²) in [6.45, 7) is 0. The number of hydrogen-bond donors (Lipinski definition) is 1. The highest BCUT2D eigenvalue weighted by Crippen LogP contribution is 2.49. The van der Waals surface area contributed by atoms with Crippen LogP contribution in [0, 0.1) is 5.92 Å². The molecule has 2 aromatic rings. The third-order valence-corrected chi connectivity index (χ3v) is 7.19. The summed E-state index contributed by atoms with van der Waals surface area (Å²) in [4.78, 5) is 5.22. The maximum absolute atomic E-state index is 6.54. The van der Waals surface area contributed by atoms with E-state index in [0.29, 0.717) is 11.1 Å². The standard InChI is InChI=1S/C25H25ClN4/c26-21-15-20(16-7-8-16)24-28-22(23(30(24)29-21)18-5-2-1-3-6-18)17-9-11-19(12-10-17)25(27)13-4-14-25/h1-3,5-6,9-12,15-16,22-23H,4,7-8,13-14,27H2. The Morgan fingerprint density at radius 3 is 2.33 bits per heavy atom. The number of rotatable bonds is 4. The number of hydrazone groups is 1. The Morgan fingerprint density at radius 2 is 1.70 bits per heavy atom. The maximum Gasteiger partial charge on any atom is 0.150 e. The van der Waals surface area contributed by atoms with Crippen LogP contribution in [-0.2, 0) is 5.54 Å². The number of hydrogen-bond acceptors (Lipinski definition) is 4. The molecule has 2 fully saturated rings. The molecular weight excluding hydrogens is 392 g/mol. The van der Waals surface area contributed by atoms with Crippen LogP contribution in [0.2, 0.25) is 0 Å². The van der Waals surface area contributed by atoms with Gasteiger partial charge in [0.2, 0.25) is 0 Å². The number of benzene rings is 2. The van der Waals surface area contributed by atoms with Crippen molar-refractivity contribution in [3.8, 4) is 0 Å². The first-order valence-electron chi connectivity index (χ1n) is 10.9. The second-order valence-corrected chi connectivity index (χ2v) is 9.41. The van der Waals surface area contributed by atoms with Crippen molar-refractivity contribution in [3.05, 3.63) is 82.9 Å². The summed E-state index contributed by atoms with van der Waals surface area (Å²) in [7, 11) is 0. The Balaban J connectivity index is 1.42. The van der Waals surface area contributed by atoms with Gasteiger partial charge in [0.05, 0.1) is 0 Å². The molecular formula is C25H25ClN4. The molecule has 5 heteroatoms. The van der Waals surface area contributed by atoms with Gasteiger partial charge in [-0.15, -0.1) is 0 Å². The molecule has 2 N–H and O–H groups in total. The SMILES string of the molecule is NC1(c2ccc(C3N=C4C(C5CC5)=CC(Cl)=NN4C3c3ccccc3)cc2)CCC1. The van der Waals surface area contributed by atoms with E-state index in [9.17, 15) is 0 Å². The van der Waals surface area contributed by atoms with Gasteiger partial charge in [0.25, 0.3) is 0 Å². The van der Waals surface area contributed by atoms with Crippen molar-refractivity contribution in [1.82, 2.24) is 5.01 Å². The van der Waals surface area contributed by atoms with Crippen LogP contribution in [0.3, 0.4) is 0 Å². The van der Waals surface area contributed by atoms with Crippen LogP contribution in [0.5, 0.6) is 0 Å². The minimum absolute atomic E-state index is 0.00112. The largest absolute Gasteiger partial charge is 0.321 e. The molecule has 2 saturated carbocycles. The zero-order valence-electron chi connectivity index (χ0n) is 16.8. The molecule has 2 atom stereocenters. The number of nitrogens with zero attached hydrogens (tertiary/aromatic N) is 3. The van der Waals surface area contributed by atoms with Gasteiger partial charge in [0, 0.05) is 11.1 Å². The minimum Gasteiger partial charge on any atom is -0.321 e. The van der Waals surface area contributed by atoms with E-state index in [-0.39, 0.29) is 17.6 Å². The lowest BCUT2D eigenvalue weighted by atomic mass is 9.72. The fraction of sp³-hybridized carbons (Fsp3) is 0.360. The summed E-state index contributed by atoms with van der Waals surface area (Å²) in [5.74, 6) is 1.54. The van der Waals surface area contributed by atoms with Gasteiger partial charge in [-0.2, -0.15) is 5.10 Å². The highest BCUT2D eigenvalue weighted by Gasteiger charge is 2.44. The third-order valence-electron chi connectivity index (χ3n) is 7.01. The van der Waals surface area contributed by atoms with Crippen LogP contribution in [0.1, 0.15) is 60.9 Å². The fourth-order valence-electron chi connectivity index (χ4n) is 4.95. The van der Waals surface area contributed by atoms with E-state index in [1.165, 1.54) is 41.5 Å². The van der Waals surface area contributed by atoms with E-state index in [1.54, 1.807) is 0 Å². The Kier molecular flexibility index (Phi) is 4.15. The van der Waals surface area contributed by atoms with Gasteiger partial charge >= 0.3 is 0 Å². The van der Waals surface area contributed by atoms with Crippen molar-refractivity contribution in [2.45, 2.75) is 49.7 Å². The first-order chi connectivity index (χ1) is 14.6. The molecule has 152 valence electrons. The number of amidine groups is 1. The van der Waals surface area contributed by atoms with E-state index in [4.69, 9.17) is 27.4 Å². The quantitative estimate of drug-likeness (QED) is 0.723. The van der Waals surface area contributed by atoms with Crippen LogP contribution >= 0.6 is 11.6 Å². The fourth-order valence-corrected chi connectivity index (χ4v) is 5.15. The van der Waals surface area contributed by atoms with Crippen LogP contribution in [-0.4, -0.2) is 16.0 Å². The number of halogens is 1. The van der Waals surface area contributed by atoms with E-state index < -0.39 is 0 Å². The molecule has 2 aromatic carbocycles. The molecule has 0 bridgehead atoms. The van der Waals surface area contributed by atoms with E-state index in [0.717, 1.165) is 18.7 Å². The van der Waals surface area contributed by atoms with E-state index in [2.05, 4.69) is 53.5 Å². The summed E-state index contributed by atoms with van der Waals surface area (Å²) in [6.07, 6.45) is 7.78. The Hall–Kier alpha value is -2.43. The monoisotopic (exact) mass is 416 g/mol. The molecule has 0 aromatic heterocycles. The van der Waals surface area contributed by atoms with Gasteiger partial charge in [0.1, 0.15) is 23.1 Å². The van der Waals surface area contributed by atoms with Crippen molar-refractivity contribution >= 4 is 22.6 Å². The van der Waals surface area contributed by atoms with Crippen LogP contribution in [0.25, 0.3) is 0 Å². The molecule has 0 amide bonds. The molecule has 0 spiro atoms. The topological polar surface area (TPSA) is 54.0 Å². The Bertz CT molecular complexity index is 1060. The molecule has 6 rings (SSSR count). The van der Waals surface area contributed by atoms with Crippen molar-refractivity contribution in [1.29, 1.82) is 0 Å². The summed E-state index contributed by atoms with van der Waals surface area (Å²) in [5.41, 5.74) is 11.3. The number of nitrogens with two attached hydrogens (primary N) is 1. The van der Waals surface area contributed by atoms with Gasteiger partial charge < -0.3 is 5.73 Å². The maximum atomic E-state index is 6.54. The second kappa shape index (κ2) is 6.79. The normalized spacial score (nSPS) is 27.0. The van der Waals surface area contributed by atoms with Gasteiger partial charge in [-0.3, -0.25) is 4.99 Å². The number of allylic oxidation sites excluding steroid dienone is 1. The van der Waals surface area contributed by atoms with E-state index in [1.807, 2.05) is 12.1 Å². The minimum atomic E-state index is -0.143. The lowest BCUT2D eigenvalue weighted by molar-refractivity contribution is 0.253. The summed E-state index contributed by atoms with van der Waals surface area (Å²) in [6, 6.07) is 19.3. The molecule has 0 radical (unpaired) electrons. The van der Waals surface area contributed by atoms with Crippen molar-refractivity contribution in [2.75, 3.05) is 0 Å². The first kappa shape index (κ1) is 18.3. The number of aliphatic imine (C=N–C) groups is 1. The predicted octanol–water partition coefficient (Wildman–Crippen LogP) is 5.42. The first-order valence-corrected chi connectivity index (χ1v) is 11.3. The Labute approximate surface area is 182 Å². The molecule has 2 heterocycles. The molecule has 4 nitrogen and oxygen atoms in total. The smallest absolute Gasteiger partial charge is 0.150 e. The third kappa shape index (κ3) is 2.93. The van der Waals surface area contributed by atoms with Crippen molar-refractivity contribution in [3.63, 3.8) is 0 Å². The lowest BCUT2D eigenvalue weighted by Crippen LogP contribution is -2.43. The van der Waals surface area contributed by atoms with Gasteiger partial charge in [-0.05, 0) is 60.8 Å². The molecule has 30 heavy (non-hydrogen) atoms. The van der Waals surface area contributed by atoms with Crippen molar-refractivity contribution in [2.24, 2.45) is 21.7 Å². The molecule has 2 aliphatic carbocycles. The summed E-state index contributed by atoms with van der Waals surface area (Å²) in [5, 5.41) is 7.31. The number of fused-ring (bicyclic) bond motifs is 1. The highest BCUT2D eigenvalue weighted by atomic mass is 35.5. The van der Waals surface area contributed by atoms with Crippen molar-refractivity contribution < 1.29 is 0 Å². The van der Waals surface area contributed by atoms with Crippen LogP contribution in [0.15, 0.2) is 76.3 Å². The van der Waals surface area contributed by atoms with Gasteiger partial charge in [-0.25, -0.2) is 5.01 Å². The van der Waals surface area contributed by atoms with Gasteiger partial charge in [-0.1, -0.05) is 66.2 Å². The van der Waals surface area contributed by atoms with Crippen LogP contribution < -0.4 is 5.73 Å². The predicted molar refractivity (Wildman–Crippen MR) is 121 cm³/mol. The molecule has 2 aliphatic heterocycles. The van der Waals surface area contributed by atoms with Crippen LogP contribution in [0.4, 0.5) is 0 Å². The average Bonchev–Trinajstić information content (AvgIpc) is 3.52. The summed E-state index contributed by atoms with van der Waals surface area (Å²) < 4.78 is 0. The average molecular weight is 417 g/mol. The molecule has 4 aliphatic rings. The lowest BCUT2D eigenvalue weighted by Gasteiger charge is -2.38. The second-order valence-electron chi connectivity index (χ2n) is 9.03. The zero-order valence-corrected chi connectivity index (χ0v) is 17.6. The van der Waals surface area contributed by atoms with Gasteiger partial charge in [0.15, 0.2) is 0 Å². The summed E-state index contributed by atoms with van der Waals surface area (Å²) >= 11 is 6.45.